The summed E-state index contributed by atoms with van der Waals surface area (Å²) in [6.45, 7) is 0.0752. The molecule has 0 bridgehead atoms. The standard InChI is InChI=1S/C23H21N3O3S/c1-30(28,29)19-11-7-10-18(15-19)24-23(27)16-26-21-13-6-5-12-20(21)25-22(26)14-17-8-3-2-4-9-17/h2-13,15H,14,16H2,1H3,(H,24,27). The fraction of sp³-hybridized carbons (Fsp3) is 0.130. The monoisotopic (exact) mass is 419 g/mol. The minimum atomic E-state index is -3.35. The van der Waals surface area contributed by atoms with Crippen molar-refractivity contribution in [1.82, 2.24) is 9.55 Å². The van der Waals surface area contributed by atoms with Crippen molar-refractivity contribution in [3.63, 3.8) is 0 Å². The van der Waals surface area contributed by atoms with E-state index in [0.717, 1.165) is 28.7 Å². The number of hydrogen-bond acceptors (Lipinski definition) is 4. The molecule has 0 aliphatic heterocycles. The summed E-state index contributed by atoms with van der Waals surface area (Å²) in [5, 5.41) is 2.80. The molecule has 0 radical (unpaired) electrons. The molecule has 0 saturated heterocycles. The lowest BCUT2D eigenvalue weighted by molar-refractivity contribution is -0.116. The Morgan fingerprint density at radius 1 is 0.967 bits per heavy atom. The molecule has 0 aliphatic carbocycles. The van der Waals surface area contributed by atoms with Crippen molar-refractivity contribution in [3.05, 3.63) is 90.3 Å². The first-order valence-corrected chi connectivity index (χ1v) is 11.4. The van der Waals surface area contributed by atoms with Crippen molar-refractivity contribution in [3.8, 4) is 0 Å². The van der Waals surface area contributed by atoms with Gasteiger partial charge < -0.3 is 9.88 Å². The normalized spacial score (nSPS) is 11.5. The molecule has 0 spiro atoms. The Labute approximate surface area is 175 Å². The molecule has 7 heteroatoms. The van der Waals surface area contributed by atoms with Crippen molar-refractivity contribution in [2.45, 2.75) is 17.9 Å². The maximum absolute atomic E-state index is 12.8. The minimum absolute atomic E-state index is 0.0752. The molecule has 0 unspecified atom stereocenters. The number of rotatable bonds is 6. The van der Waals surface area contributed by atoms with Gasteiger partial charge in [0.2, 0.25) is 5.91 Å². The first-order chi connectivity index (χ1) is 14.4. The van der Waals surface area contributed by atoms with E-state index in [1.54, 1.807) is 12.1 Å². The molecule has 0 fully saturated rings. The smallest absolute Gasteiger partial charge is 0.244 e. The zero-order chi connectivity index (χ0) is 21.1. The van der Waals surface area contributed by atoms with Gasteiger partial charge in [0.15, 0.2) is 9.84 Å². The van der Waals surface area contributed by atoms with Crippen LogP contribution in [-0.4, -0.2) is 30.1 Å². The topological polar surface area (TPSA) is 81.1 Å². The Balaban J connectivity index is 1.61. The largest absolute Gasteiger partial charge is 0.324 e. The predicted molar refractivity (Wildman–Crippen MR) is 117 cm³/mol. The number of nitrogens with one attached hydrogen (secondary N) is 1. The molecule has 3 aromatic carbocycles. The van der Waals surface area contributed by atoms with Crippen LogP contribution >= 0.6 is 0 Å². The van der Waals surface area contributed by atoms with E-state index in [1.807, 2.05) is 59.2 Å². The second-order valence-corrected chi connectivity index (χ2v) is 9.13. The van der Waals surface area contributed by atoms with Gasteiger partial charge in [0.05, 0.1) is 15.9 Å². The number of carbonyl (C=O) groups excluding carboxylic acids is 1. The number of aromatic nitrogens is 2. The highest BCUT2D eigenvalue weighted by Crippen LogP contribution is 2.20. The van der Waals surface area contributed by atoms with Crippen molar-refractivity contribution in [2.75, 3.05) is 11.6 Å². The second-order valence-electron chi connectivity index (χ2n) is 7.11. The van der Waals surface area contributed by atoms with E-state index in [4.69, 9.17) is 4.98 Å². The van der Waals surface area contributed by atoms with Gasteiger partial charge in [-0.25, -0.2) is 13.4 Å². The zero-order valence-electron chi connectivity index (χ0n) is 16.4. The highest BCUT2D eigenvalue weighted by molar-refractivity contribution is 7.90. The van der Waals surface area contributed by atoms with Crippen LogP contribution in [0.4, 0.5) is 5.69 Å². The van der Waals surface area contributed by atoms with Crippen LogP contribution in [0, 0.1) is 0 Å². The number of hydrogen-bond donors (Lipinski definition) is 1. The summed E-state index contributed by atoms with van der Waals surface area (Å²) in [6.07, 6.45) is 1.74. The number of carbonyl (C=O) groups is 1. The van der Waals surface area contributed by atoms with E-state index < -0.39 is 9.84 Å². The van der Waals surface area contributed by atoms with E-state index in [-0.39, 0.29) is 17.3 Å². The van der Waals surface area contributed by atoms with Gasteiger partial charge in [-0.05, 0) is 35.9 Å². The highest BCUT2D eigenvalue weighted by atomic mass is 32.2. The van der Waals surface area contributed by atoms with Crippen molar-refractivity contribution < 1.29 is 13.2 Å². The average Bonchev–Trinajstić information content (AvgIpc) is 3.05. The predicted octanol–water partition coefficient (Wildman–Crippen LogP) is 3.67. The van der Waals surface area contributed by atoms with E-state index in [9.17, 15) is 13.2 Å². The first-order valence-electron chi connectivity index (χ1n) is 9.48. The number of para-hydroxylation sites is 2. The van der Waals surface area contributed by atoms with E-state index >= 15 is 0 Å². The van der Waals surface area contributed by atoms with Crippen LogP contribution in [0.1, 0.15) is 11.4 Å². The van der Waals surface area contributed by atoms with E-state index in [2.05, 4.69) is 5.32 Å². The van der Waals surface area contributed by atoms with Gasteiger partial charge >= 0.3 is 0 Å². The van der Waals surface area contributed by atoms with Crippen LogP contribution in [-0.2, 0) is 27.6 Å². The number of imidazole rings is 1. The van der Waals surface area contributed by atoms with Crippen molar-refractivity contribution in [2.24, 2.45) is 0 Å². The summed E-state index contributed by atoms with van der Waals surface area (Å²) in [5.41, 5.74) is 3.26. The van der Waals surface area contributed by atoms with Gasteiger partial charge in [0, 0.05) is 18.4 Å². The molecule has 0 saturated carbocycles. The van der Waals surface area contributed by atoms with E-state index in [1.165, 1.54) is 12.1 Å². The van der Waals surface area contributed by atoms with Crippen LogP contribution in [0.25, 0.3) is 11.0 Å². The fourth-order valence-electron chi connectivity index (χ4n) is 3.36. The lowest BCUT2D eigenvalue weighted by atomic mass is 10.1. The van der Waals surface area contributed by atoms with Gasteiger partial charge in [0.25, 0.3) is 0 Å². The van der Waals surface area contributed by atoms with Gasteiger partial charge in [-0.2, -0.15) is 0 Å². The van der Waals surface area contributed by atoms with Crippen LogP contribution < -0.4 is 5.32 Å². The number of anilines is 1. The quantitative estimate of drug-likeness (QED) is 0.517. The summed E-state index contributed by atoms with van der Waals surface area (Å²) in [5.74, 6) is 0.542. The summed E-state index contributed by atoms with van der Waals surface area (Å²) in [6, 6.07) is 23.9. The third kappa shape index (κ3) is 4.41. The lowest BCUT2D eigenvalue weighted by Gasteiger charge is -2.11. The van der Waals surface area contributed by atoms with Gasteiger partial charge in [-0.15, -0.1) is 0 Å². The van der Waals surface area contributed by atoms with Gasteiger partial charge in [-0.1, -0.05) is 48.5 Å². The molecule has 4 rings (SSSR count). The summed E-state index contributed by atoms with van der Waals surface area (Å²) in [4.78, 5) is 17.7. The Morgan fingerprint density at radius 2 is 1.70 bits per heavy atom. The summed E-state index contributed by atoms with van der Waals surface area (Å²) in [7, 11) is -3.35. The van der Waals surface area contributed by atoms with Crippen LogP contribution in [0.2, 0.25) is 0 Å². The number of amides is 1. The molecular formula is C23H21N3O3S. The van der Waals surface area contributed by atoms with E-state index in [0.29, 0.717) is 12.1 Å². The summed E-state index contributed by atoms with van der Waals surface area (Å²) >= 11 is 0. The van der Waals surface area contributed by atoms with Gasteiger partial charge in [0.1, 0.15) is 12.4 Å². The van der Waals surface area contributed by atoms with Crippen LogP contribution in [0.5, 0.6) is 0 Å². The third-order valence-electron chi connectivity index (χ3n) is 4.79. The molecule has 1 amide bonds. The number of nitrogens with zero attached hydrogens (tertiary/aromatic N) is 2. The second kappa shape index (κ2) is 8.12. The number of sulfone groups is 1. The van der Waals surface area contributed by atoms with Gasteiger partial charge in [-0.3, -0.25) is 4.79 Å². The first kappa shape index (κ1) is 19.8. The minimum Gasteiger partial charge on any atom is -0.324 e. The maximum Gasteiger partial charge on any atom is 0.244 e. The van der Waals surface area contributed by atoms with Crippen molar-refractivity contribution in [1.29, 1.82) is 0 Å². The maximum atomic E-state index is 12.8. The molecule has 1 N–H and O–H groups in total. The molecule has 0 aliphatic rings. The van der Waals surface area contributed by atoms with Crippen molar-refractivity contribution >= 4 is 32.5 Å². The molecule has 6 nitrogen and oxygen atoms in total. The zero-order valence-corrected chi connectivity index (χ0v) is 17.3. The average molecular weight is 420 g/mol. The number of fused-ring (bicyclic) bond motifs is 1. The molecule has 0 atom stereocenters. The Kier molecular flexibility index (Phi) is 5.37. The lowest BCUT2D eigenvalue weighted by Crippen LogP contribution is -2.20. The molecule has 152 valence electrons. The molecule has 4 aromatic rings. The fourth-order valence-corrected chi connectivity index (χ4v) is 4.03. The Morgan fingerprint density at radius 3 is 2.47 bits per heavy atom. The summed E-state index contributed by atoms with van der Waals surface area (Å²) < 4.78 is 25.4. The van der Waals surface area contributed by atoms with Crippen LogP contribution in [0.3, 0.4) is 0 Å². The Bertz CT molecular complexity index is 1310. The Hall–Kier alpha value is -3.45. The molecule has 1 heterocycles. The molecule has 30 heavy (non-hydrogen) atoms. The molecular weight excluding hydrogens is 398 g/mol. The SMILES string of the molecule is CS(=O)(=O)c1cccc(NC(=O)Cn2c(Cc3ccccc3)nc3ccccc32)c1. The van der Waals surface area contributed by atoms with Crippen LogP contribution in [0.15, 0.2) is 83.8 Å². The third-order valence-corrected chi connectivity index (χ3v) is 5.90. The highest BCUT2D eigenvalue weighted by Gasteiger charge is 2.15. The molecule has 1 aromatic heterocycles. The number of benzene rings is 3.